The standard InChI is InChI=1S/C22H26N2O4S/c25-22-19-9-2-1-3-11-21(19)29(26,27)24(22)15-7-6-14-23-16-18-13-12-17-8-4-5-10-20(17)28-18/h2-5,8-11,18,23H,1,6-7,12-16H2/t18-/m1/s1. The van der Waals surface area contributed by atoms with Gasteiger partial charge in [-0.05, 0) is 56.4 Å². The van der Waals surface area contributed by atoms with Crippen molar-refractivity contribution < 1.29 is 17.9 Å². The molecule has 0 saturated heterocycles. The molecule has 6 nitrogen and oxygen atoms in total. The maximum atomic E-state index is 12.6. The van der Waals surface area contributed by atoms with Gasteiger partial charge in [-0.15, -0.1) is 0 Å². The van der Waals surface area contributed by atoms with Gasteiger partial charge in [-0.1, -0.05) is 36.4 Å². The Morgan fingerprint density at radius 3 is 2.86 bits per heavy atom. The zero-order valence-corrected chi connectivity index (χ0v) is 17.2. The van der Waals surface area contributed by atoms with E-state index in [0.717, 1.165) is 42.4 Å². The molecule has 2 aliphatic heterocycles. The average Bonchev–Trinajstić information content (AvgIpc) is 2.91. The summed E-state index contributed by atoms with van der Waals surface area (Å²) in [6, 6.07) is 8.14. The summed E-state index contributed by atoms with van der Waals surface area (Å²) in [5.41, 5.74) is 1.54. The molecule has 1 aliphatic carbocycles. The third-order valence-corrected chi connectivity index (χ3v) is 7.30. The molecule has 1 atom stereocenters. The molecule has 0 spiro atoms. The second-order valence-corrected chi connectivity index (χ2v) is 9.33. The lowest BCUT2D eigenvalue weighted by Gasteiger charge is -2.26. The SMILES string of the molecule is O=C1C2=C(C=CCC=C2)S(=O)(=O)N1CCCCNC[C@H]1CCc2ccccc2O1. The molecule has 1 aromatic carbocycles. The number of amides is 1. The van der Waals surface area contributed by atoms with Gasteiger partial charge >= 0.3 is 0 Å². The molecule has 3 aliphatic rings. The molecular weight excluding hydrogens is 388 g/mol. The number of allylic oxidation sites excluding steroid dienone is 3. The molecule has 0 fully saturated rings. The number of ether oxygens (including phenoxy) is 1. The Kier molecular flexibility index (Phi) is 5.87. The van der Waals surface area contributed by atoms with Gasteiger partial charge in [0.2, 0.25) is 0 Å². The summed E-state index contributed by atoms with van der Waals surface area (Å²) < 4.78 is 32.3. The lowest BCUT2D eigenvalue weighted by atomic mass is 10.0. The summed E-state index contributed by atoms with van der Waals surface area (Å²) in [6.07, 6.45) is 11.0. The van der Waals surface area contributed by atoms with Gasteiger partial charge in [0.25, 0.3) is 15.9 Å². The van der Waals surface area contributed by atoms with Gasteiger partial charge < -0.3 is 10.1 Å². The van der Waals surface area contributed by atoms with Crippen molar-refractivity contribution in [2.75, 3.05) is 19.6 Å². The summed E-state index contributed by atoms with van der Waals surface area (Å²) in [7, 11) is -3.71. The van der Waals surface area contributed by atoms with Crippen molar-refractivity contribution in [1.82, 2.24) is 9.62 Å². The number of nitrogens with one attached hydrogen (secondary N) is 1. The molecular formula is C22H26N2O4S. The Bertz CT molecular complexity index is 978. The maximum absolute atomic E-state index is 12.6. The molecule has 0 saturated carbocycles. The fraction of sp³-hybridized carbons (Fsp3) is 0.409. The molecule has 2 heterocycles. The predicted octanol–water partition coefficient (Wildman–Crippen LogP) is 2.69. The molecule has 0 unspecified atom stereocenters. The van der Waals surface area contributed by atoms with Crippen LogP contribution in [0.15, 0.2) is 59.0 Å². The van der Waals surface area contributed by atoms with Crippen molar-refractivity contribution in [1.29, 1.82) is 0 Å². The second kappa shape index (κ2) is 8.55. The highest BCUT2D eigenvalue weighted by atomic mass is 32.2. The van der Waals surface area contributed by atoms with E-state index in [1.807, 2.05) is 24.3 Å². The Morgan fingerprint density at radius 2 is 1.97 bits per heavy atom. The van der Waals surface area contributed by atoms with Gasteiger partial charge in [-0.25, -0.2) is 12.7 Å². The van der Waals surface area contributed by atoms with Crippen LogP contribution in [0.25, 0.3) is 0 Å². The molecule has 154 valence electrons. The first-order valence-electron chi connectivity index (χ1n) is 10.2. The van der Waals surface area contributed by atoms with E-state index in [2.05, 4.69) is 11.4 Å². The molecule has 0 aromatic heterocycles. The lowest BCUT2D eigenvalue weighted by molar-refractivity contribution is -0.121. The smallest absolute Gasteiger partial charge is 0.268 e. The van der Waals surface area contributed by atoms with E-state index in [4.69, 9.17) is 4.74 Å². The number of carbonyl (C=O) groups excluding carboxylic acids is 1. The first-order valence-corrected chi connectivity index (χ1v) is 11.6. The van der Waals surface area contributed by atoms with E-state index in [-0.39, 0.29) is 23.1 Å². The molecule has 29 heavy (non-hydrogen) atoms. The van der Waals surface area contributed by atoms with Crippen LogP contribution < -0.4 is 10.1 Å². The highest BCUT2D eigenvalue weighted by Gasteiger charge is 2.41. The average molecular weight is 415 g/mol. The summed E-state index contributed by atoms with van der Waals surface area (Å²) in [5, 5.41) is 3.39. The number of unbranched alkanes of at least 4 members (excludes halogenated alkanes) is 1. The Balaban J connectivity index is 1.20. The third kappa shape index (κ3) is 4.16. The molecule has 1 amide bonds. The normalized spacial score (nSPS) is 22.3. The number of benzene rings is 1. The number of carbonyl (C=O) groups is 1. The van der Waals surface area contributed by atoms with Crippen molar-refractivity contribution in [3.8, 4) is 5.75 Å². The third-order valence-electron chi connectivity index (χ3n) is 5.45. The summed E-state index contributed by atoms with van der Waals surface area (Å²) >= 11 is 0. The van der Waals surface area contributed by atoms with Crippen LogP contribution in [0, 0.1) is 0 Å². The number of hydrogen-bond acceptors (Lipinski definition) is 5. The van der Waals surface area contributed by atoms with E-state index in [1.165, 1.54) is 5.56 Å². The Hall–Kier alpha value is -2.38. The minimum atomic E-state index is -3.71. The Morgan fingerprint density at radius 1 is 1.14 bits per heavy atom. The number of rotatable bonds is 7. The highest BCUT2D eigenvalue weighted by molar-refractivity contribution is 7.94. The quantitative estimate of drug-likeness (QED) is 0.695. The molecule has 4 rings (SSSR count). The van der Waals surface area contributed by atoms with Crippen molar-refractivity contribution in [2.24, 2.45) is 0 Å². The van der Waals surface area contributed by atoms with Crippen LogP contribution in [0.2, 0.25) is 0 Å². The van der Waals surface area contributed by atoms with Gasteiger partial charge in [-0.2, -0.15) is 0 Å². The number of fused-ring (bicyclic) bond motifs is 1. The number of sulfonamides is 1. The van der Waals surface area contributed by atoms with Crippen LogP contribution in [-0.4, -0.2) is 44.4 Å². The van der Waals surface area contributed by atoms with E-state index in [9.17, 15) is 13.2 Å². The second-order valence-electron chi connectivity index (χ2n) is 7.50. The van der Waals surface area contributed by atoms with E-state index in [1.54, 1.807) is 18.2 Å². The van der Waals surface area contributed by atoms with Gasteiger partial charge in [0.05, 0.1) is 5.57 Å². The van der Waals surface area contributed by atoms with Crippen LogP contribution in [0.1, 0.15) is 31.2 Å². The van der Waals surface area contributed by atoms with Crippen LogP contribution in [-0.2, 0) is 21.2 Å². The van der Waals surface area contributed by atoms with Gasteiger partial charge in [0, 0.05) is 13.1 Å². The van der Waals surface area contributed by atoms with Crippen molar-refractivity contribution in [3.05, 3.63) is 64.6 Å². The molecule has 0 bridgehead atoms. The van der Waals surface area contributed by atoms with Gasteiger partial charge in [0.15, 0.2) is 0 Å². The first-order chi connectivity index (χ1) is 14.1. The largest absolute Gasteiger partial charge is 0.489 e. The van der Waals surface area contributed by atoms with E-state index in [0.29, 0.717) is 12.8 Å². The van der Waals surface area contributed by atoms with Crippen molar-refractivity contribution in [2.45, 2.75) is 38.2 Å². The lowest BCUT2D eigenvalue weighted by Crippen LogP contribution is -2.35. The molecule has 1 N–H and O–H groups in total. The maximum Gasteiger partial charge on any atom is 0.268 e. The van der Waals surface area contributed by atoms with Crippen molar-refractivity contribution >= 4 is 15.9 Å². The number of aryl methyl sites for hydroxylation is 1. The summed E-state index contributed by atoms with van der Waals surface area (Å²) in [6.45, 7) is 1.74. The predicted molar refractivity (Wildman–Crippen MR) is 112 cm³/mol. The van der Waals surface area contributed by atoms with Crippen LogP contribution in [0.3, 0.4) is 0 Å². The van der Waals surface area contributed by atoms with Gasteiger partial charge in [-0.3, -0.25) is 4.79 Å². The summed E-state index contributed by atoms with van der Waals surface area (Å²) in [4.78, 5) is 12.6. The monoisotopic (exact) mass is 414 g/mol. The number of nitrogens with zero attached hydrogens (tertiary/aromatic N) is 1. The highest BCUT2D eigenvalue weighted by Crippen LogP contribution is 2.31. The fourth-order valence-electron chi connectivity index (χ4n) is 3.89. The first kappa shape index (κ1) is 19.9. The number of hydrogen-bond donors (Lipinski definition) is 1. The molecule has 1 aromatic rings. The zero-order chi connectivity index (χ0) is 20.3. The van der Waals surface area contributed by atoms with Crippen LogP contribution in [0.4, 0.5) is 0 Å². The topological polar surface area (TPSA) is 75.7 Å². The Labute approximate surface area is 172 Å². The van der Waals surface area contributed by atoms with Crippen LogP contribution >= 0.6 is 0 Å². The van der Waals surface area contributed by atoms with E-state index >= 15 is 0 Å². The minimum absolute atomic E-state index is 0.129. The molecule has 0 radical (unpaired) electrons. The molecule has 7 heteroatoms. The summed E-state index contributed by atoms with van der Waals surface area (Å²) in [5.74, 6) is 0.559. The van der Waals surface area contributed by atoms with Crippen LogP contribution in [0.5, 0.6) is 5.75 Å². The number of para-hydroxylation sites is 1. The van der Waals surface area contributed by atoms with Crippen molar-refractivity contribution in [3.63, 3.8) is 0 Å². The minimum Gasteiger partial charge on any atom is -0.489 e. The zero-order valence-electron chi connectivity index (χ0n) is 16.3. The van der Waals surface area contributed by atoms with Gasteiger partial charge in [0.1, 0.15) is 16.8 Å². The van der Waals surface area contributed by atoms with E-state index < -0.39 is 15.9 Å². The fourth-order valence-corrected chi connectivity index (χ4v) is 5.51.